The molecule has 0 saturated heterocycles. The quantitative estimate of drug-likeness (QED) is 0.220. The molecule has 11 heteroatoms. The first-order valence-corrected chi connectivity index (χ1v) is 13.5. The zero-order valence-electron chi connectivity index (χ0n) is 21.2. The number of alkyl halides is 3. The Labute approximate surface area is 227 Å². The van der Waals surface area contributed by atoms with Gasteiger partial charge in [0.2, 0.25) is 5.95 Å². The smallest absolute Gasteiger partial charge is 0.353 e. The summed E-state index contributed by atoms with van der Waals surface area (Å²) >= 11 is 1.75. The van der Waals surface area contributed by atoms with Crippen molar-refractivity contribution in [1.29, 1.82) is 5.26 Å². The van der Waals surface area contributed by atoms with Gasteiger partial charge in [0.15, 0.2) is 5.65 Å². The largest absolute Gasteiger partial charge is 0.416 e. The van der Waals surface area contributed by atoms with E-state index in [1.54, 1.807) is 57.5 Å². The Morgan fingerprint density at radius 3 is 2.62 bits per heavy atom. The summed E-state index contributed by atoms with van der Waals surface area (Å²) in [6.07, 6.45) is 1.95. The van der Waals surface area contributed by atoms with Crippen LogP contribution in [0.15, 0.2) is 67.0 Å². The molecule has 198 valence electrons. The maximum atomic E-state index is 13.6. The first-order valence-electron chi connectivity index (χ1n) is 12.2. The van der Waals surface area contributed by atoms with Crippen molar-refractivity contribution in [3.63, 3.8) is 0 Å². The van der Waals surface area contributed by atoms with E-state index in [-0.39, 0.29) is 0 Å². The Bertz CT molecular complexity index is 1660. The maximum Gasteiger partial charge on any atom is 0.416 e. The Hall–Kier alpha value is -4.30. The zero-order chi connectivity index (χ0) is 27.6. The number of halogens is 3. The molecule has 0 aliphatic rings. The number of benzene rings is 2. The van der Waals surface area contributed by atoms with Gasteiger partial charge in [-0.15, -0.1) is 5.10 Å². The predicted molar refractivity (Wildman–Crippen MR) is 147 cm³/mol. The highest BCUT2D eigenvalue weighted by atomic mass is 32.2. The number of nitrogens with zero attached hydrogens (tertiary/aromatic N) is 6. The third-order valence-electron chi connectivity index (χ3n) is 6.33. The fourth-order valence-electron chi connectivity index (χ4n) is 4.44. The maximum absolute atomic E-state index is 13.6. The molecule has 5 aromatic rings. The Balaban J connectivity index is 1.69. The number of anilines is 1. The lowest BCUT2D eigenvalue weighted by molar-refractivity contribution is -0.137. The summed E-state index contributed by atoms with van der Waals surface area (Å²) in [6.45, 7) is 2.54. The molecule has 0 saturated carbocycles. The van der Waals surface area contributed by atoms with Crippen molar-refractivity contribution < 1.29 is 13.2 Å². The summed E-state index contributed by atoms with van der Waals surface area (Å²) in [5, 5.41) is 21.5. The third kappa shape index (κ3) is 5.33. The minimum atomic E-state index is -4.48. The number of rotatable bonds is 8. The van der Waals surface area contributed by atoms with Crippen molar-refractivity contribution in [2.24, 2.45) is 0 Å². The van der Waals surface area contributed by atoms with Crippen LogP contribution in [0.5, 0.6) is 0 Å². The van der Waals surface area contributed by atoms with Crippen molar-refractivity contribution >= 4 is 23.4 Å². The van der Waals surface area contributed by atoms with E-state index in [0.29, 0.717) is 34.8 Å². The van der Waals surface area contributed by atoms with Gasteiger partial charge in [-0.1, -0.05) is 12.1 Å². The third-order valence-corrected chi connectivity index (χ3v) is 7.03. The van der Waals surface area contributed by atoms with Crippen LogP contribution in [0.2, 0.25) is 0 Å². The monoisotopic (exact) mass is 547 g/mol. The summed E-state index contributed by atoms with van der Waals surface area (Å²) in [5.41, 5.74) is 4.11. The van der Waals surface area contributed by atoms with Gasteiger partial charge in [-0.2, -0.15) is 40.3 Å². The molecule has 0 radical (unpaired) electrons. The fraction of sp³-hybridized carbons (Fsp3) is 0.214. The number of aromatic nitrogens is 5. The molecule has 0 atom stereocenters. The highest BCUT2D eigenvalue weighted by Crippen LogP contribution is 2.38. The lowest BCUT2D eigenvalue weighted by Crippen LogP contribution is -2.06. The highest BCUT2D eigenvalue weighted by Gasteiger charge is 2.31. The summed E-state index contributed by atoms with van der Waals surface area (Å²) in [5.74, 6) is 1.39. The number of hydrogen-bond donors (Lipinski definition) is 1. The van der Waals surface area contributed by atoms with E-state index in [9.17, 15) is 13.2 Å². The van der Waals surface area contributed by atoms with Gasteiger partial charge in [-0.05, 0) is 78.9 Å². The fourth-order valence-corrected chi connectivity index (χ4v) is 4.87. The molecule has 0 spiro atoms. The van der Waals surface area contributed by atoms with Gasteiger partial charge in [-0.25, -0.2) is 9.20 Å². The second-order valence-electron chi connectivity index (χ2n) is 8.88. The minimum Gasteiger partial charge on any atom is -0.353 e. The van der Waals surface area contributed by atoms with Gasteiger partial charge in [0.05, 0.1) is 34.8 Å². The zero-order valence-corrected chi connectivity index (χ0v) is 22.0. The van der Waals surface area contributed by atoms with Crippen LogP contribution < -0.4 is 5.32 Å². The van der Waals surface area contributed by atoms with Crippen LogP contribution in [0.1, 0.15) is 23.1 Å². The first-order chi connectivity index (χ1) is 18.8. The molecule has 2 aromatic carbocycles. The molecule has 0 aliphatic heterocycles. The minimum absolute atomic E-state index is 0.389. The van der Waals surface area contributed by atoms with Gasteiger partial charge in [0, 0.05) is 23.9 Å². The number of nitrogens with one attached hydrogen (secondary N) is 1. The molecule has 3 aromatic heterocycles. The summed E-state index contributed by atoms with van der Waals surface area (Å²) in [6, 6.07) is 16.2. The van der Waals surface area contributed by atoms with Crippen LogP contribution in [0.25, 0.3) is 33.7 Å². The summed E-state index contributed by atoms with van der Waals surface area (Å²) in [4.78, 5) is 4.66. The number of thioether (sulfide) groups is 1. The van der Waals surface area contributed by atoms with Crippen molar-refractivity contribution in [2.75, 3.05) is 23.9 Å². The molecule has 7 nitrogen and oxygen atoms in total. The van der Waals surface area contributed by atoms with Crippen LogP contribution in [0.3, 0.4) is 0 Å². The summed E-state index contributed by atoms with van der Waals surface area (Å²) < 4.78 is 44.2. The molecule has 0 fully saturated rings. The average molecular weight is 548 g/mol. The number of hydrogen-bond acceptors (Lipinski definition) is 6. The molecule has 39 heavy (non-hydrogen) atoms. The predicted octanol–water partition coefficient (Wildman–Crippen LogP) is 6.61. The average Bonchev–Trinajstić information content (AvgIpc) is 3.57. The molecule has 0 unspecified atom stereocenters. The molecule has 0 aliphatic carbocycles. The van der Waals surface area contributed by atoms with Crippen LogP contribution in [0.4, 0.5) is 19.1 Å². The Morgan fingerprint density at radius 2 is 1.90 bits per heavy atom. The van der Waals surface area contributed by atoms with E-state index in [4.69, 9.17) is 5.26 Å². The molecular weight excluding hydrogens is 523 g/mol. The van der Waals surface area contributed by atoms with Crippen molar-refractivity contribution in [3.8, 4) is 34.1 Å². The molecule has 5 rings (SSSR count). The second-order valence-corrected chi connectivity index (χ2v) is 9.87. The first kappa shape index (κ1) is 26.3. The van der Waals surface area contributed by atoms with E-state index >= 15 is 0 Å². The number of nitriles is 1. The van der Waals surface area contributed by atoms with Gasteiger partial charge < -0.3 is 5.32 Å². The van der Waals surface area contributed by atoms with E-state index in [2.05, 4.69) is 26.6 Å². The highest BCUT2D eigenvalue weighted by molar-refractivity contribution is 7.98. The van der Waals surface area contributed by atoms with E-state index in [1.165, 1.54) is 6.07 Å². The van der Waals surface area contributed by atoms with Gasteiger partial charge >= 0.3 is 6.18 Å². The van der Waals surface area contributed by atoms with Crippen LogP contribution >= 0.6 is 11.8 Å². The van der Waals surface area contributed by atoms with Crippen LogP contribution in [-0.4, -0.2) is 42.9 Å². The molecule has 0 bridgehead atoms. The normalized spacial score (nSPS) is 11.6. The summed E-state index contributed by atoms with van der Waals surface area (Å²) in [7, 11) is 0. The molecule has 1 N–H and O–H groups in total. The number of pyridine rings is 1. The van der Waals surface area contributed by atoms with E-state index < -0.39 is 11.7 Å². The second kappa shape index (κ2) is 10.8. The lowest BCUT2D eigenvalue weighted by Gasteiger charge is -2.16. The Kier molecular flexibility index (Phi) is 7.30. The lowest BCUT2D eigenvalue weighted by atomic mass is 9.95. The van der Waals surface area contributed by atoms with Crippen molar-refractivity contribution in [1.82, 2.24) is 24.4 Å². The van der Waals surface area contributed by atoms with Crippen molar-refractivity contribution in [2.45, 2.75) is 19.5 Å². The van der Waals surface area contributed by atoms with Crippen molar-refractivity contribution in [3.05, 3.63) is 83.7 Å². The SMILES string of the molecule is CSCCCNc1nc2c(-c3cccc(C(F)(F)F)c3)c(C)c(-c3ccnn3-c3ccc(C#N)cc3)cn2n1. The molecule has 0 amide bonds. The van der Waals surface area contributed by atoms with Crippen LogP contribution in [0, 0.1) is 18.3 Å². The standard InChI is InChI=1S/C28H24F3N7S/c1-18-23(24-11-13-34-38(24)22-9-7-19(16-32)8-10-22)17-37-26(35-27(36-37)33-12-4-14-39-2)25(18)20-5-3-6-21(15-20)28(29,30)31/h3,5-11,13,15,17H,4,12,14H2,1-2H3,(H,33,36). The van der Waals surface area contributed by atoms with Crippen LogP contribution in [-0.2, 0) is 6.18 Å². The van der Waals surface area contributed by atoms with E-state index in [1.807, 2.05) is 25.4 Å². The topological polar surface area (TPSA) is 83.8 Å². The van der Waals surface area contributed by atoms with Gasteiger partial charge in [-0.3, -0.25) is 0 Å². The van der Waals surface area contributed by atoms with E-state index in [0.717, 1.165) is 46.8 Å². The molecule has 3 heterocycles. The van der Waals surface area contributed by atoms with Gasteiger partial charge in [0.1, 0.15) is 0 Å². The Morgan fingerprint density at radius 1 is 1.10 bits per heavy atom. The number of fused-ring (bicyclic) bond motifs is 1. The van der Waals surface area contributed by atoms with Gasteiger partial charge in [0.25, 0.3) is 0 Å². The molecular formula is C28H24F3N7S.